The van der Waals surface area contributed by atoms with Crippen molar-refractivity contribution in [2.75, 3.05) is 13.2 Å². The van der Waals surface area contributed by atoms with Crippen LogP contribution in [0.2, 0.25) is 0 Å². The summed E-state index contributed by atoms with van der Waals surface area (Å²) < 4.78 is 58.3. The van der Waals surface area contributed by atoms with Crippen molar-refractivity contribution in [2.45, 2.75) is 110 Å². The van der Waals surface area contributed by atoms with Crippen molar-refractivity contribution in [1.82, 2.24) is 15.0 Å². The predicted molar refractivity (Wildman–Crippen MR) is 174 cm³/mol. The van der Waals surface area contributed by atoms with E-state index in [-0.39, 0.29) is 0 Å². The lowest BCUT2D eigenvalue weighted by Gasteiger charge is -2.48. The van der Waals surface area contributed by atoms with Crippen LogP contribution < -0.4 is 0 Å². The number of rotatable bonds is 13. The van der Waals surface area contributed by atoms with Gasteiger partial charge in [0.15, 0.2) is 43.0 Å². The van der Waals surface area contributed by atoms with E-state index in [1.54, 1.807) is 24.3 Å². The second-order valence-corrected chi connectivity index (χ2v) is 12.1. The Morgan fingerprint density at radius 2 is 1.04 bits per heavy atom. The van der Waals surface area contributed by atoms with E-state index in [0.717, 1.165) is 48.5 Å². The Bertz CT molecular complexity index is 1680. The van der Waals surface area contributed by atoms with Crippen molar-refractivity contribution in [1.29, 1.82) is 0 Å². The second kappa shape index (κ2) is 18.5. The van der Waals surface area contributed by atoms with Crippen LogP contribution in [0.4, 0.5) is 0 Å². The van der Waals surface area contributed by atoms with Gasteiger partial charge in [0, 0.05) is 54.0 Å². The number of hydrogen-bond acceptors (Lipinski definition) is 19. The van der Waals surface area contributed by atoms with E-state index in [1.807, 2.05) is 6.07 Å². The average Bonchev–Trinajstić information content (AvgIpc) is 3.57. The third-order valence-electron chi connectivity index (χ3n) is 7.74. The highest BCUT2D eigenvalue weighted by atomic mass is 16.8. The molecule has 1 aromatic carbocycles. The Morgan fingerprint density at radius 1 is 0.574 bits per heavy atom. The summed E-state index contributed by atoms with van der Waals surface area (Å²) >= 11 is 0. The molecule has 0 amide bonds. The van der Waals surface area contributed by atoms with E-state index >= 15 is 0 Å². The lowest BCUT2D eigenvalue weighted by molar-refractivity contribution is -0.349. The summed E-state index contributed by atoms with van der Waals surface area (Å²) in [4.78, 5) is 86.2. The molecule has 2 aromatic rings. The maximum absolute atomic E-state index is 12.7. The molecule has 1 aromatic heterocycles. The van der Waals surface area contributed by atoms with Crippen molar-refractivity contribution in [3.8, 4) is 11.3 Å². The summed E-state index contributed by atoms with van der Waals surface area (Å²) in [7, 11) is 0. The van der Waals surface area contributed by atoms with Crippen molar-refractivity contribution >= 4 is 41.8 Å². The van der Waals surface area contributed by atoms with E-state index in [2.05, 4.69) is 10.3 Å². The Morgan fingerprint density at radius 3 is 1.56 bits per heavy atom. The third kappa shape index (κ3) is 11.0. The quantitative estimate of drug-likeness (QED) is 0.202. The van der Waals surface area contributed by atoms with Crippen LogP contribution in [-0.2, 0) is 80.9 Å². The number of hydrogen-bond donors (Lipinski definition) is 0. The van der Waals surface area contributed by atoms with E-state index in [0.29, 0.717) is 11.3 Å². The molecule has 2 saturated heterocycles. The standard InChI is InChI=1S/C34H41N3O17/c1-16(38)45-14-25-28(54-34-32(51-22(7)44)30(49-20(5)42)27(47-18(3)40)26(53-34)15-46-17(2)39)29(48-19(4)41)31(50-21(6)43)33(52-25)37-13-24(35-36-37)23-11-9-8-10-12-23/h8-13,25-34H,14-15H2,1-7H3/t25-,26-,27+,28-,29+,30+,31-,32-,33-,34+/m1/s1. The lowest BCUT2D eigenvalue weighted by atomic mass is 9.95. The van der Waals surface area contributed by atoms with Gasteiger partial charge in [-0.3, -0.25) is 33.6 Å². The molecule has 0 unspecified atom stereocenters. The summed E-state index contributed by atoms with van der Waals surface area (Å²) in [6, 6.07) is 8.94. The van der Waals surface area contributed by atoms with Crippen molar-refractivity contribution in [3.05, 3.63) is 36.5 Å². The lowest BCUT2D eigenvalue weighted by Crippen LogP contribution is -2.66. The van der Waals surface area contributed by atoms with E-state index in [9.17, 15) is 33.6 Å². The smallest absolute Gasteiger partial charge is 0.303 e. The first-order valence-electron chi connectivity index (χ1n) is 16.6. The summed E-state index contributed by atoms with van der Waals surface area (Å²) in [6.07, 6.45) is -14.0. The monoisotopic (exact) mass is 763 g/mol. The number of nitrogens with zero attached hydrogens (tertiary/aromatic N) is 3. The van der Waals surface area contributed by atoms with E-state index in [1.165, 1.54) is 10.9 Å². The van der Waals surface area contributed by atoms with Gasteiger partial charge in [0.2, 0.25) is 0 Å². The van der Waals surface area contributed by atoms with Crippen LogP contribution in [0.5, 0.6) is 0 Å². The Kier molecular flexibility index (Phi) is 14.2. The molecule has 0 saturated carbocycles. The molecule has 2 aliphatic rings. The largest absolute Gasteiger partial charge is 0.463 e. The predicted octanol–water partition coefficient (Wildman–Crippen LogP) is 0.737. The van der Waals surface area contributed by atoms with Crippen molar-refractivity contribution < 1.29 is 80.9 Å². The molecule has 54 heavy (non-hydrogen) atoms. The van der Waals surface area contributed by atoms with Crippen LogP contribution >= 0.6 is 0 Å². The molecule has 2 aliphatic heterocycles. The third-order valence-corrected chi connectivity index (χ3v) is 7.74. The molecule has 0 bridgehead atoms. The van der Waals surface area contributed by atoms with E-state index < -0.39 is 116 Å². The topological polar surface area (TPSA) is 242 Å². The molecular weight excluding hydrogens is 722 g/mol. The number of carbonyl (C=O) groups is 7. The maximum atomic E-state index is 12.7. The minimum atomic E-state index is -1.80. The summed E-state index contributed by atoms with van der Waals surface area (Å²) in [5.41, 5.74) is 1.08. The molecule has 0 N–H and O–H groups in total. The summed E-state index contributed by atoms with van der Waals surface area (Å²) in [5, 5.41) is 8.36. The first-order chi connectivity index (χ1) is 25.5. The highest BCUT2D eigenvalue weighted by molar-refractivity contribution is 5.69. The summed E-state index contributed by atoms with van der Waals surface area (Å²) in [6.45, 7) is 6.42. The molecular formula is C34H41N3O17. The Balaban J connectivity index is 1.84. The molecule has 20 heteroatoms. The average molecular weight is 764 g/mol. The van der Waals surface area contributed by atoms with Gasteiger partial charge in [-0.15, -0.1) is 5.10 Å². The molecule has 4 rings (SSSR count). The normalized spacial score (nSPS) is 27.8. The fourth-order valence-electron chi connectivity index (χ4n) is 5.84. The number of aromatic nitrogens is 3. The first kappa shape index (κ1) is 41.3. The number of ether oxygens (including phenoxy) is 10. The summed E-state index contributed by atoms with van der Waals surface area (Å²) in [5.74, 6) is -5.86. The van der Waals surface area contributed by atoms with Crippen LogP contribution in [0, 0.1) is 0 Å². The number of carbonyl (C=O) groups excluding carboxylic acids is 7. The van der Waals surface area contributed by atoms with Crippen LogP contribution in [0.15, 0.2) is 36.5 Å². The second-order valence-electron chi connectivity index (χ2n) is 12.1. The molecule has 0 radical (unpaired) electrons. The van der Waals surface area contributed by atoms with Gasteiger partial charge in [-0.25, -0.2) is 4.68 Å². The number of benzene rings is 1. The highest BCUT2D eigenvalue weighted by Gasteiger charge is 2.58. The number of esters is 7. The Labute approximate surface area is 308 Å². The minimum absolute atomic E-state index is 0.400. The maximum Gasteiger partial charge on any atom is 0.303 e. The fourth-order valence-corrected chi connectivity index (χ4v) is 5.84. The minimum Gasteiger partial charge on any atom is -0.463 e. The van der Waals surface area contributed by atoms with Crippen LogP contribution in [0.1, 0.15) is 54.7 Å². The SMILES string of the molecule is CC(=O)OC[C@H]1O[C@@H](O[C@H]2[C@H](OC(C)=O)[C@@H](OC(C)=O)[C@H](n3cc(-c4ccccc4)nn3)O[C@@H]2COC(C)=O)[C@H](OC(C)=O)[C@@H](OC(C)=O)[C@H]1OC(C)=O. The van der Waals surface area contributed by atoms with Gasteiger partial charge in [-0.05, 0) is 0 Å². The van der Waals surface area contributed by atoms with Gasteiger partial charge in [0.25, 0.3) is 0 Å². The highest BCUT2D eigenvalue weighted by Crippen LogP contribution is 2.38. The molecule has 0 spiro atoms. The zero-order chi connectivity index (χ0) is 39.7. The molecule has 0 aliphatic carbocycles. The van der Waals surface area contributed by atoms with Crippen molar-refractivity contribution in [2.24, 2.45) is 0 Å². The molecule has 294 valence electrons. The van der Waals surface area contributed by atoms with Crippen molar-refractivity contribution in [3.63, 3.8) is 0 Å². The first-order valence-corrected chi connectivity index (χ1v) is 16.6. The van der Waals surface area contributed by atoms with Crippen LogP contribution in [0.3, 0.4) is 0 Å². The molecule has 3 heterocycles. The van der Waals surface area contributed by atoms with E-state index in [4.69, 9.17) is 47.4 Å². The van der Waals surface area contributed by atoms with Gasteiger partial charge in [0.05, 0.1) is 6.20 Å². The van der Waals surface area contributed by atoms with Gasteiger partial charge < -0.3 is 47.4 Å². The fraction of sp³-hybridized carbons (Fsp3) is 0.559. The van der Waals surface area contributed by atoms with Crippen LogP contribution in [-0.4, -0.2) is 125 Å². The Hall–Kier alpha value is -5.47. The van der Waals surface area contributed by atoms with Gasteiger partial charge in [-0.2, -0.15) is 0 Å². The molecule has 20 nitrogen and oxygen atoms in total. The van der Waals surface area contributed by atoms with Gasteiger partial charge >= 0.3 is 41.8 Å². The van der Waals surface area contributed by atoms with Crippen LogP contribution in [0.25, 0.3) is 11.3 Å². The zero-order valence-electron chi connectivity index (χ0n) is 30.4. The van der Waals surface area contributed by atoms with Gasteiger partial charge in [0.1, 0.15) is 37.2 Å². The molecule has 2 fully saturated rings. The molecule has 10 atom stereocenters. The van der Waals surface area contributed by atoms with Gasteiger partial charge in [-0.1, -0.05) is 35.5 Å². The zero-order valence-corrected chi connectivity index (χ0v) is 30.4.